The second-order valence-electron chi connectivity index (χ2n) is 7.55. The van der Waals surface area contributed by atoms with Gasteiger partial charge in [-0.05, 0) is 35.7 Å². The number of halogens is 1. The number of amides is 2. The van der Waals surface area contributed by atoms with Crippen LogP contribution in [0.25, 0.3) is 11.1 Å². The molecule has 0 unspecified atom stereocenters. The van der Waals surface area contributed by atoms with Crippen LogP contribution in [-0.4, -0.2) is 45.4 Å². The van der Waals surface area contributed by atoms with Gasteiger partial charge in [-0.1, -0.05) is 31.2 Å². The summed E-state index contributed by atoms with van der Waals surface area (Å²) in [5, 5.41) is 2.60. The number of hydrogen-bond acceptors (Lipinski definition) is 5. The van der Waals surface area contributed by atoms with E-state index in [4.69, 9.17) is 4.74 Å². The standard InChI is InChI=1S/C22H26FN3O5S/c1-3-10-32(29,30)25-12-16-4-6-17(7-5-16)20-9-8-18(11-21(20)23)26-14-19(31-22(26)28)13-24-15(2)27/h4-9,11,19,25H,3,10,12-14H2,1-2H3,(H,24,27)/t19-/m0/s1. The molecule has 2 N–H and O–H groups in total. The average molecular weight is 464 g/mol. The average Bonchev–Trinajstić information content (AvgIpc) is 3.12. The molecule has 32 heavy (non-hydrogen) atoms. The minimum Gasteiger partial charge on any atom is -0.442 e. The zero-order valence-corrected chi connectivity index (χ0v) is 18.7. The maximum atomic E-state index is 14.8. The Kier molecular flexibility index (Phi) is 7.47. The smallest absolute Gasteiger partial charge is 0.414 e. The van der Waals surface area contributed by atoms with Crippen molar-refractivity contribution in [2.75, 3.05) is 23.7 Å². The zero-order valence-electron chi connectivity index (χ0n) is 17.9. The van der Waals surface area contributed by atoms with Crippen molar-refractivity contribution in [3.63, 3.8) is 0 Å². The molecule has 2 amide bonds. The fraction of sp³-hybridized carbons (Fsp3) is 0.364. The molecular weight excluding hydrogens is 437 g/mol. The second-order valence-corrected chi connectivity index (χ2v) is 9.48. The van der Waals surface area contributed by atoms with Gasteiger partial charge < -0.3 is 10.1 Å². The molecule has 172 valence electrons. The summed E-state index contributed by atoms with van der Waals surface area (Å²) in [5.74, 6) is -0.655. The van der Waals surface area contributed by atoms with Crippen LogP contribution >= 0.6 is 0 Å². The molecule has 0 saturated carbocycles. The quantitative estimate of drug-likeness (QED) is 0.595. The molecule has 10 heteroatoms. The molecule has 2 aromatic rings. The molecule has 0 spiro atoms. The molecule has 3 rings (SSSR count). The number of benzene rings is 2. The third kappa shape index (κ3) is 6.04. The number of nitrogens with one attached hydrogen (secondary N) is 2. The van der Waals surface area contributed by atoms with Crippen molar-refractivity contribution < 1.29 is 27.1 Å². The fourth-order valence-electron chi connectivity index (χ4n) is 3.34. The van der Waals surface area contributed by atoms with Crippen molar-refractivity contribution in [1.29, 1.82) is 0 Å². The molecule has 0 radical (unpaired) electrons. The van der Waals surface area contributed by atoms with E-state index >= 15 is 0 Å². The topological polar surface area (TPSA) is 105 Å². The highest BCUT2D eigenvalue weighted by molar-refractivity contribution is 7.89. The van der Waals surface area contributed by atoms with Gasteiger partial charge in [0, 0.05) is 19.0 Å². The van der Waals surface area contributed by atoms with Crippen LogP contribution < -0.4 is 14.9 Å². The van der Waals surface area contributed by atoms with Gasteiger partial charge in [0.25, 0.3) is 0 Å². The maximum absolute atomic E-state index is 14.8. The first-order valence-electron chi connectivity index (χ1n) is 10.3. The van der Waals surface area contributed by atoms with E-state index in [0.29, 0.717) is 23.2 Å². The van der Waals surface area contributed by atoms with E-state index in [9.17, 15) is 22.4 Å². The van der Waals surface area contributed by atoms with Gasteiger partial charge in [-0.15, -0.1) is 0 Å². The predicted molar refractivity (Wildman–Crippen MR) is 119 cm³/mol. The third-order valence-corrected chi connectivity index (χ3v) is 6.48. The summed E-state index contributed by atoms with van der Waals surface area (Å²) in [6, 6.07) is 11.4. The van der Waals surface area contributed by atoms with Crippen LogP contribution in [0.15, 0.2) is 42.5 Å². The normalized spacial score (nSPS) is 16.2. The Morgan fingerprint density at radius 2 is 1.94 bits per heavy atom. The number of sulfonamides is 1. The van der Waals surface area contributed by atoms with Gasteiger partial charge in [0.05, 0.1) is 24.5 Å². The van der Waals surface area contributed by atoms with E-state index in [-0.39, 0.29) is 31.3 Å². The molecule has 8 nitrogen and oxygen atoms in total. The van der Waals surface area contributed by atoms with Crippen molar-refractivity contribution in [3.8, 4) is 11.1 Å². The number of carbonyl (C=O) groups is 2. The van der Waals surface area contributed by atoms with Crippen LogP contribution in [-0.2, 0) is 26.1 Å². The van der Waals surface area contributed by atoms with Crippen LogP contribution in [0.3, 0.4) is 0 Å². The molecule has 1 aliphatic heterocycles. The molecular formula is C22H26FN3O5S. The lowest BCUT2D eigenvalue weighted by molar-refractivity contribution is -0.119. The van der Waals surface area contributed by atoms with Gasteiger partial charge in [0.1, 0.15) is 11.9 Å². The molecule has 1 aliphatic rings. The van der Waals surface area contributed by atoms with Gasteiger partial charge in [-0.3, -0.25) is 9.69 Å². The molecule has 0 aliphatic carbocycles. The summed E-state index contributed by atoms with van der Waals surface area (Å²) in [4.78, 5) is 24.5. The molecule has 1 saturated heterocycles. The van der Waals surface area contributed by atoms with Gasteiger partial charge in [-0.25, -0.2) is 22.3 Å². The Labute approximate surface area is 186 Å². The number of carbonyl (C=O) groups excluding carboxylic acids is 2. The minimum absolute atomic E-state index is 0.0706. The van der Waals surface area contributed by atoms with E-state index in [0.717, 1.165) is 5.56 Å². The highest BCUT2D eigenvalue weighted by Crippen LogP contribution is 2.29. The Morgan fingerprint density at radius 3 is 2.56 bits per heavy atom. The first-order valence-corrected chi connectivity index (χ1v) is 11.9. The van der Waals surface area contributed by atoms with Crippen LogP contribution in [0.1, 0.15) is 25.8 Å². The van der Waals surface area contributed by atoms with Gasteiger partial charge in [-0.2, -0.15) is 0 Å². The molecule has 1 fully saturated rings. The Bertz CT molecular complexity index is 1090. The van der Waals surface area contributed by atoms with E-state index in [2.05, 4.69) is 10.0 Å². The largest absolute Gasteiger partial charge is 0.442 e. The molecule has 1 heterocycles. The molecule has 0 aromatic heterocycles. The van der Waals surface area contributed by atoms with E-state index in [1.807, 2.05) is 0 Å². The molecule has 0 bridgehead atoms. The van der Waals surface area contributed by atoms with Gasteiger partial charge in [0.2, 0.25) is 15.9 Å². The lowest BCUT2D eigenvalue weighted by Gasteiger charge is -2.15. The third-order valence-electron chi connectivity index (χ3n) is 4.95. The number of anilines is 1. The van der Waals surface area contributed by atoms with Crippen molar-refractivity contribution in [2.45, 2.75) is 32.9 Å². The molecule has 2 aromatic carbocycles. The van der Waals surface area contributed by atoms with E-state index < -0.39 is 28.0 Å². The Balaban J connectivity index is 1.67. The summed E-state index contributed by atoms with van der Waals surface area (Å²) < 4.78 is 46.1. The summed E-state index contributed by atoms with van der Waals surface area (Å²) in [7, 11) is -3.30. The van der Waals surface area contributed by atoms with E-state index in [1.165, 1.54) is 17.9 Å². The van der Waals surface area contributed by atoms with Crippen LogP contribution in [0.5, 0.6) is 0 Å². The van der Waals surface area contributed by atoms with Crippen LogP contribution in [0, 0.1) is 5.82 Å². The van der Waals surface area contributed by atoms with Crippen molar-refractivity contribution in [1.82, 2.24) is 10.0 Å². The summed E-state index contributed by atoms with van der Waals surface area (Å²) in [5.41, 5.74) is 2.11. The van der Waals surface area contributed by atoms with E-state index in [1.54, 1.807) is 43.3 Å². The Hall–Kier alpha value is -2.98. The minimum atomic E-state index is -3.30. The van der Waals surface area contributed by atoms with Crippen LogP contribution in [0.2, 0.25) is 0 Å². The zero-order chi connectivity index (χ0) is 23.3. The first kappa shape index (κ1) is 23.7. The first-order chi connectivity index (χ1) is 15.2. The summed E-state index contributed by atoms with van der Waals surface area (Å²) in [6.45, 7) is 3.74. The highest BCUT2D eigenvalue weighted by Gasteiger charge is 2.32. The summed E-state index contributed by atoms with van der Waals surface area (Å²) in [6.07, 6.45) is -0.562. The second kappa shape index (κ2) is 10.1. The fourth-order valence-corrected chi connectivity index (χ4v) is 4.41. The number of ether oxygens (including phenoxy) is 1. The van der Waals surface area contributed by atoms with Crippen LogP contribution in [0.4, 0.5) is 14.9 Å². The van der Waals surface area contributed by atoms with Gasteiger partial charge in [0.15, 0.2) is 0 Å². The predicted octanol–water partition coefficient (Wildman–Crippen LogP) is 2.78. The van der Waals surface area contributed by atoms with Crippen molar-refractivity contribution >= 4 is 27.7 Å². The highest BCUT2D eigenvalue weighted by atomic mass is 32.2. The lowest BCUT2D eigenvalue weighted by atomic mass is 10.0. The number of rotatable bonds is 9. The monoisotopic (exact) mass is 463 g/mol. The van der Waals surface area contributed by atoms with Crippen molar-refractivity contribution in [3.05, 3.63) is 53.8 Å². The number of nitrogens with zero attached hydrogens (tertiary/aromatic N) is 1. The summed E-state index contributed by atoms with van der Waals surface area (Å²) >= 11 is 0. The molecule has 1 atom stereocenters. The van der Waals surface area contributed by atoms with Crippen molar-refractivity contribution in [2.24, 2.45) is 0 Å². The number of hydrogen-bond donors (Lipinski definition) is 2. The number of cyclic esters (lactones) is 1. The maximum Gasteiger partial charge on any atom is 0.414 e. The SMILES string of the molecule is CCCS(=O)(=O)NCc1ccc(-c2ccc(N3C[C@H](CNC(C)=O)OC3=O)cc2F)cc1. The Morgan fingerprint density at radius 1 is 1.22 bits per heavy atom. The van der Waals surface area contributed by atoms with Gasteiger partial charge >= 0.3 is 6.09 Å². The lowest BCUT2D eigenvalue weighted by Crippen LogP contribution is -2.33.